The number of carbonyl (C=O) groups excluding carboxylic acids is 2. The Labute approximate surface area is 166 Å². The first-order chi connectivity index (χ1) is 13.2. The molecule has 0 spiro atoms. The van der Waals surface area contributed by atoms with Crippen molar-refractivity contribution in [2.75, 3.05) is 17.3 Å². The smallest absolute Gasteiger partial charge is 0.341 e. The SMILES string of the molecule is CCOC(=O)c1c(NC(C)=O)sc(C(C)=NNc2ccc(C(=O)O)cc2)c1C. The van der Waals surface area contributed by atoms with Gasteiger partial charge in [-0.25, -0.2) is 9.59 Å². The molecule has 0 saturated carbocycles. The van der Waals surface area contributed by atoms with Gasteiger partial charge in [-0.05, 0) is 50.6 Å². The van der Waals surface area contributed by atoms with Gasteiger partial charge in [-0.1, -0.05) is 0 Å². The summed E-state index contributed by atoms with van der Waals surface area (Å²) in [5, 5.41) is 16.3. The lowest BCUT2D eigenvalue weighted by Crippen LogP contribution is -2.11. The minimum Gasteiger partial charge on any atom is -0.478 e. The van der Waals surface area contributed by atoms with Crippen LogP contribution in [0.2, 0.25) is 0 Å². The molecule has 28 heavy (non-hydrogen) atoms. The maximum atomic E-state index is 12.3. The van der Waals surface area contributed by atoms with Crippen LogP contribution in [0, 0.1) is 6.92 Å². The zero-order valence-corrected chi connectivity index (χ0v) is 16.8. The number of thiophene rings is 1. The van der Waals surface area contributed by atoms with Crippen LogP contribution in [0.3, 0.4) is 0 Å². The Hall–Kier alpha value is -3.20. The molecule has 2 rings (SSSR count). The van der Waals surface area contributed by atoms with Gasteiger partial charge in [0.1, 0.15) is 5.00 Å². The van der Waals surface area contributed by atoms with Crippen LogP contribution in [0.25, 0.3) is 0 Å². The maximum Gasteiger partial charge on any atom is 0.341 e. The number of carboxylic acids is 1. The highest BCUT2D eigenvalue weighted by Gasteiger charge is 2.24. The van der Waals surface area contributed by atoms with Gasteiger partial charge in [0.15, 0.2) is 0 Å². The predicted molar refractivity (Wildman–Crippen MR) is 109 cm³/mol. The van der Waals surface area contributed by atoms with E-state index in [1.54, 1.807) is 32.9 Å². The summed E-state index contributed by atoms with van der Waals surface area (Å²) >= 11 is 1.24. The number of nitrogens with zero attached hydrogens (tertiary/aromatic N) is 1. The number of carboxylic acid groups (broad SMARTS) is 1. The van der Waals surface area contributed by atoms with E-state index in [1.165, 1.54) is 30.4 Å². The monoisotopic (exact) mass is 403 g/mol. The summed E-state index contributed by atoms with van der Waals surface area (Å²) in [6.07, 6.45) is 0. The van der Waals surface area contributed by atoms with E-state index in [0.717, 1.165) is 4.88 Å². The summed E-state index contributed by atoms with van der Waals surface area (Å²) in [4.78, 5) is 35.4. The average molecular weight is 403 g/mol. The molecule has 9 heteroatoms. The summed E-state index contributed by atoms with van der Waals surface area (Å²) < 4.78 is 5.10. The first-order valence-corrected chi connectivity index (χ1v) is 9.28. The van der Waals surface area contributed by atoms with Crippen LogP contribution >= 0.6 is 11.3 Å². The van der Waals surface area contributed by atoms with E-state index in [0.29, 0.717) is 27.5 Å². The molecule has 1 aromatic heterocycles. The first-order valence-electron chi connectivity index (χ1n) is 8.46. The van der Waals surface area contributed by atoms with Crippen LogP contribution < -0.4 is 10.7 Å². The van der Waals surface area contributed by atoms with Gasteiger partial charge in [0, 0.05) is 6.92 Å². The molecular weight excluding hydrogens is 382 g/mol. The second kappa shape index (κ2) is 9.14. The number of rotatable bonds is 7. The number of amides is 1. The standard InChI is InChI=1S/C19H21N3O5S/c1-5-27-19(26)15-10(2)16(28-17(15)20-12(4)23)11(3)21-22-14-8-6-13(7-9-14)18(24)25/h6-9,22H,5H2,1-4H3,(H,20,23)(H,24,25). The number of nitrogens with one attached hydrogen (secondary N) is 2. The molecule has 1 aromatic carbocycles. The molecule has 1 heterocycles. The van der Waals surface area contributed by atoms with Crippen molar-refractivity contribution in [2.45, 2.75) is 27.7 Å². The highest BCUT2D eigenvalue weighted by molar-refractivity contribution is 7.18. The van der Waals surface area contributed by atoms with Crippen molar-refractivity contribution < 1.29 is 24.2 Å². The molecule has 0 fully saturated rings. The lowest BCUT2D eigenvalue weighted by Gasteiger charge is -2.05. The van der Waals surface area contributed by atoms with E-state index in [9.17, 15) is 14.4 Å². The topological polar surface area (TPSA) is 117 Å². The number of aromatic carboxylic acids is 1. The van der Waals surface area contributed by atoms with Crippen molar-refractivity contribution in [1.29, 1.82) is 0 Å². The summed E-state index contributed by atoms with van der Waals surface area (Å²) in [7, 11) is 0. The van der Waals surface area contributed by atoms with E-state index >= 15 is 0 Å². The Morgan fingerprint density at radius 2 is 1.82 bits per heavy atom. The van der Waals surface area contributed by atoms with Crippen LogP contribution in [0.4, 0.5) is 10.7 Å². The predicted octanol–water partition coefficient (Wildman–Crippen LogP) is 3.73. The second-order valence-electron chi connectivity index (χ2n) is 5.85. The van der Waals surface area contributed by atoms with Crippen molar-refractivity contribution in [3.63, 3.8) is 0 Å². The van der Waals surface area contributed by atoms with Gasteiger partial charge < -0.3 is 15.2 Å². The normalized spacial score (nSPS) is 11.1. The Morgan fingerprint density at radius 1 is 1.18 bits per heavy atom. The number of anilines is 2. The molecule has 0 aliphatic carbocycles. The molecule has 0 bridgehead atoms. The van der Waals surface area contributed by atoms with Crippen LogP contribution in [-0.4, -0.2) is 35.3 Å². The van der Waals surface area contributed by atoms with E-state index in [1.807, 2.05) is 0 Å². The van der Waals surface area contributed by atoms with Gasteiger partial charge in [0.2, 0.25) is 5.91 Å². The summed E-state index contributed by atoms with van der Waals surface area (Å²) in [6.45, 7) is 6.84. The molecule has 0 aliphatic rings. The van der Waals surface area contributed by atoms with Crippen LogP contribution in [0.5, 0.6) is 0 Å². The van der Waals surface area contributed by atoms with Crippen LogP contribution in [0.15, 0.2) is 29.4 Å². The molecule has 2 aromatic rings. The molecule has 3 N–H and O–H groups in total. The third-order valence-corrected chi connectivity index (χ3v) is 5.05. The van der Waals surface area contributed by atoms with Gasteiger partial charge in [0.25, 0.3) is 0 Å². The van der Waals surface area contributed by atoms with Crippen LogP contribution in [0.1, 0.15) is 51.9 Å². The molecule has 0 saturated heterocycles. The van der Waals surface area contributed by atoms with E-state index in [2.05, 4.69) is 15.8 Å². The van der Waals surface area contributed by atoms with Crippen molar-refractivity contribution >= 4 is 45.6 Å². The highest BCUT2D eigenvalue weighted by atomic mass is 32.1. The van der Waals surface area contributed by atoms with E-state index in [-0.39, 0.29) is 18.1 Å². The number of hydrazone groups is 1. The van der Waals surface area contributed by atoms with Gasteiger partial charge in [-0.3, -0.25) is 10.2 Å². The molecular formula is C19H21N3O5S. The third-order valence-electron chi connectivity index (χ3n) is 3.73. The Balaban J connectivity index is 2.31. The van der Waals surface area contributed by atoms with Crippen LogP contribution in [-0.2, 0) is 9.53 Å². The largest absolute Gasteiger partial charge is 0.478 e. The lowest BCUT2D eigenvalue weighted by molar-refractivity contribution is -0.114. The minimum absolute atomic E-state index is 0.180. The average Bonchev–Trinajstić information content (AvgIpc) is 2.95. The van der Waals surface area contributed by atoms with Gasteiger partial charge in [-0.15, -0.1) is 11.3 Å². The fraction of sp³-hybridized carbons (Fsp3) is 0.263. The Bertz CT molecular complexity index is 932. The quantitative estimate of drug-likeness (QED) is 0.368. The zero-order valence-electron chi connectivity index (χ0n) is 16.0. The molecule has 148 valence electrons. The fourth-order valence-corrected chi connectivity index (χ4v) is 3.63. The van der Waals surface area contributed by atoms with E-state index in [4.69, 9.17) is 9.84 Å². The number of hydrogen-bond donors (Lipinski definition) is 3. The number of carbonyl (C=O) groups is 3. The van der Waals surface area contributed by atoms with Crippen molar-refractivity contribution in [1.82, 2.24) is 0 Å². The third kappa shape index (κ3) is 4.95. The molecule has 8 nitrogen and oxygen atoms in total. The summed E-state index contributed by atoms with van der Waals surface area (Å²) in [6, 6.07) is 6.15. The molecule has 1 amide bonds. The van der Waals surface area contributed by atoms with Crippen molar-refractivity contribution in [2.24, 2.45) is 5.10 Å². The number of esters is 1. The fourth-order valence-electron chi connectivity index (χ4n) is 2.44. The molecule has 0 atom stereocenters. The Morgan fingerprint density at radius 3 is 2.36 bits per heavy atom. The van der Waals surface area contributed by atoms with Gasteiger partial charge in [-0.2, -0.15) is 5.10 Å². The molecule has 0 aliphatic heterocycles. The number of hydrogen-bond acceptors (Lipinski definition) is 7. The number of ether oxygens (including phenoxy) is 1. The molecule has 0 radical (unpaired) electrons. The number of benzene rings is 1. The van der Waals surface area contributed by atoms with Gasteiger partial charge in [0.05, 0.1) is 34.0 Å². The zero-order chi connectivity index (χ0) is 20.8. The van der Waals surface area contributed by atoms with E-state index < -0.39 is 11.9 Å². The first kappa shape index (κ1) is 21.1. The lowest BCUT2D eigenvalue weighted by atomic mass is 10.1. The highest BCUT2D eigenvalue weighted by Crippen LogP contribution is 2.34. The van der Waals surface area contributed by atoms with Crippen molar-refractivity contribution in [3.05, 3.63) is 45.8 Å². The minimum atomic E-state index is -1.00. The summed E-state index contributed by atoms with van der Waals surface area (Å²) in [5.74, 6) is -1.79. The second-order valence-corrected chi connectivity index (χ2v) is 6.87. The molecule has 0 unspecified atom stereocenters. The Kier molecular flexibility index (Phi) is 6.89. The van der Waals surface area contributed by atoms with Gasteiger partial charge >= 0.3 is 11.9 Å². The maximum absolute atomic E-state index is 12.3. The van der Waals surface area contributed by atoms with Crippen molar-refractivity contribution in [3.8, 4) is 0 Å². The summed E-state index contributed by atoms with van der Waals surface area (Å²) in [5.41, 5.74) is 5.24.